The monoisotopic (exact) mass is 258 g/mol. The summed E-state index contributed by atoms with van der Waals surface area (Å²) in [7, 11) is 3.28. The number of ether oxygens (including phenoxy) is 1. The van der Waals surface area contributed by atoms with E-state index in [4.69, 9.17) is 10.5 Å². The minimum absolute atomic E-state index is 0.128. The molecule has 0 aliphatic carbocycles. The Morgan fingerprint density at radius 1 is 1.16 bits per heavy atom. The van der Waals surface area contributed by atoms with E-state index in [0.29, 0.717) is 5.82 Å². The summed E-state index contributed by atoms with van der Waals surface area (Å²) in [4.78, 5) is 11.9. The summed E-state index contributed by atoms with van der Waals surface area (Å²) in [5.41, 5.74) is 9.61. The van der Waals surface area contributed by atoms with E-state index in [9.17, 15) is 4.79 Å². The minimum atomic E-state index is -0.128. The van der Waals surface area contributed by atoms with Crippen molar-refractivity contribution in [3.8, 4) is 16.9 Å². The van der Waals surface area contributed by atoms with Gasteiger partial charge in [-0.3, -0.25) is 9.36 Å². The Morgan fingerprint density at radius 3 is 2.42 bits per heavy atom. The van der Waals surface area contributed by atoms with Crippen molar-refractivity contribution in [2.45, 2.75) is 13.8 Å². The van der Waals surface area contributed by atoms with Crippen LogP contribution in [0.5, 0.6) is 5.75 Å². The molecule has 2 N–H and O–H groups in total. The van der Waals surface area contributed by atoms with E-state index < -0.39 is 0 Å². The number of pyridine rings is 1. The van der Waals surface area contributed by atoms with Crippen LogP contribution in [0, 0.1) is 13.8 Å². The molecule has 100 valence electrons. The number of hydrogen-bond acceptors (Lipinski definition) is 3. The first-order chi connectivity index (χ1) is 8.93. The summed E-state index contributed by atoms with van der Waals surface area (Å²) in [5, 5.41) is 0. The SMILES string of the molecule is COc1cc(C)cc(C)c1-c1cc(N)n(C)c(=O)c1. The molecule has 1 heterocycles. The van der Waals surface area contributed by atoms with Crippen molar-refractivity contribution >= 4 is 5.82 Å². The topological polar surface area (TPSA) is 57.2 Å². The van der Waals surface area contributed by atoms with Gasteiger partial charge in [0.1, 0.15) is 11.6 Å². The van der Waals surface area contributed by atoms with Crippen LogP contribution in [-0.2, 0) is 7.05 Å². The van der Waals surface area contributed by atoms with Crippen LogP contribution in [0.15, 0.2) is 29.1 Å². The molecule has 0 aliphatic heterocycles. The van der Waals surface area contributed by atoms with Crippen LogP contribution < -0.4 is 16.0 Å². The molecule has 0 spiro atoms. The standard InChI is InChI=1S/C15H18N2O2/c1-9-5-10(2)15(12(6-9)19-4)11-7-13(16)17(3)14(18)8-11/h5-8H,16H2,1-4H3. The fourth-order valence-corrected chi connectivity index (χ4v) is 2.26. The summed E-state index contributed by atoms with van der Waals surface area (Å²) in [6, 6.07) is 7.39. The number of methoxy groups -OCH3 is 1. The number of nitrogen functional groups attached to an aromatic ring is 1. The van der Waals surface area contributed by atoms with Gasteiger partial charge in [0.05, 0.1) is 7.11 Å². The van der Waals surface area contributed by atoms with Crippen molar-refractivity contribution in [3.05, 3.63) is 45.7 Å². The molecule has 1 aromatic heterocycles. The molecular weight excluding hydrogens is 240 g/mol. The number of hydrogen-bond donors (Lipinski definition) is 1. The molecule has 0 bridgehead atoms. The molecule has 0 aliphatic rings. The smallest absolute Gasteiger partial charge is 0.252 e. The van der Waals surface area contributed by atoms with Crippen molar-refractivity contribution in [2.75, 3.05) is 12.8 Å². The molecule has 0 atom stereocenters. The number of benzene rings is 1. The van der Waals surface area contributed by atoms with Gasteiger partial charge in [0, 0.05) is 18.7 Å². The van der Waals surface area contributed by atoms with E-state index in [1.54, 1.807) is 26.3 Å². The van der Waals surface area contributed by atoms with E-state index in [-0.39, 0.29) is 5.56 Å². The summed E-state index contributed by atoms with van der Waals surface area (Å²) in [6.45, 7) is 4.01. The van der Waals surface area contributed by atoms with Gasteiger partial charge in [0.15, 0.2) is 0 Å². The van der Waals surface area contributed by atoms with Gasteiger partial charge in [-0.2, -0.15) is 0 Å². The Balaban J connectivity index is 2.75. The first-order valence-electron chi connectivity index (χ1n) is 6.06. The second-order valence-electron chi connectivity index (χ2n) is 4.73. The molecule has 19 heavy (non-hydrogen) atoms. The van der Waals surface area contributed by atoms with Crippen molar-refractivity contribution in [1.82, 2.24) is 4.57 Å². The molecular formula is C15H18N2O2. The van der Waals surface area contributed by atoms with E-state index in [0.717, 1.165) is 28.0 Å². The van der Waals surface area contributed by atoms with Gasteiger partial charge in [-0.15, -0.1) is 0 Å². The number of nitrogens with zero attached hydrogens (tertiary/aromatic N) is 1. The molecule has 4 heteroatoms. The molecule has 1 aromatic carbocycles. The molecule has 4 nitrogen and oxygen atoms in total. The minimum Gasteiger partial charge on any atom is -0.496 e. The van der Waals surface area contributed by atoms with Gasteiger partial charge in [-0.1, -0.05) is 6.07 Å². The lowest BCUT2D eigenvalue weighted by Crippen LogP contribution is -2.18. The highest BCUT2D eigenvalue weighted by Crippen LogP contribution is 2.34. The Kier molecular flexibility index (Phi) is 3.34. The van der Waals surface area contributed by atoms with E-state index in [1.165, 1.54) is 4.57 Å². The highest BCUT2D eigenvalue weighted by Gasteiger charge is 2.12. The van der Waals surface area contributed by atoms with Crippen molar-refractivity contribution in [2.24, 2.45) is 7.05 Å². The Hall–Kier alpha value is -2.23. The number of aryl methyl sites for hydroxylation is 2. The lowest BCUT2D eigenvalue weighted by Gasteiger charge is -2.14. The van der Waals surface area contributed by atoms with E-state index in [2.05, 4.69) is 6.07 Å². The van der Waals surface area contributed by atoms with Crippen LogP contribution in [0.4, 0.5) is 5.82 Å². The van der Waals surface area contributed by atoms with Crippen molar-refractivity contribution < 1.29 is 4.74 Å². The fourth-order valence-electron chi connectivity index (χ4n) is 2.26. The highest BCUT2D eigenvalue weighted by molar-refractivity contribution is 5.75. The van der Waals surface area contributed by atoms with E-state index >= 15 is 0 Å². The first kappa shape index (κ1) is 13.2. The zero-order valence-corrected chi connectivity index (χ0v) is 11.7. The fraction of sp³-hybridized carbons (Fsp3) is 0.267. The van der Waals surface area contributed by atoms with Crippen LogP contribution in [0.1, 0.15) is 11.1 Å². The summed E-state index contributed by atoms with van der Waals surface area (Å²) < 4.78 is 6.84. The third-order valence-electron chi connectivity index (χ3n) is 3.25. The van der Waals surface area contributed by atoms with Crippen molar-refractivity contribution in [1.29, 1.82) is 0 Å². The maximum absolute atomic E-state index is 11.9. The van der Waals surface area contributed by atoms with Gasteiger partial charge in [-0.05, 0) is 42.7 Å². The van der Waals surface area contributed by atoms with Crippen LogP contribution in [-0.4, -0.2) is 11.7 Å². The van der Waals surface area contributed by atoms with Gasteiger partial charge in [0.25, 0.3) is 5.56 Å². The Morgan fingerprint density at radius 2 is 1.84 bits per heavy atom. The van der Waals surface area contributed by atoms with Crippen LogP contribution >= 0.6 is 0 Å². The number of rotatable bonds is 2. The third-order valence-corrected chi connectivity index (χ3v) is 3.25. The van der Waals surface area contributed by atoms with Gasteiger partial charge in [-0.25, -0.2) is 0 Å². The average Bonchev–Trinajstić information content (AvgIpc) is 2.34. The second kappa shape index (κ2) is 4.80. The molecule has 0 fully saturated rings. The predicted octanol–water partition coefficient (Wildman–Crippen LogP) is 2.26. The zero-order chi connectivity index (χ0) is 14.2. The van der Waals surface area contributed by atoms with Crippen LogP contribution in [0.2, 0.25) is 0 Å². The Bertz CT molecular complexity index is 687. The highest BCUT2D eigenvalue weighted by atomic mass is 16.5. The molecule has 0 radical (unpaired) electrons. The summed E-state index contributed by atoms with van der Waals surface area (Å²) in [5.74, 6) is 1.19. The maximum Gasteiger partial charge on any atom is 0.252 e. The van der Waals surface area contributed by atoms with E-state index in [1.807, 2.05) is 19.9 Å². The average molecular weight is 258 g/mol. The number of anilines is 1. The largest absolute Gasteiger partial charge is 0.496 e. The van der Waals surface area contributed by atoms with Crippen LogP contribution in [0.3, 0.4) is 0 Å². The molecule has 0 saturated carbocycles. The van der Waals surface area contributed by atoms with Gasteiger partial charge < -0.3 is 10.5 Å². The predicted molar refractivity (Wildman–Crippen MR) is 77.6 cm³/mol. The molecule has 0 saturated heterocycles. The Labute approximate surface area is 112 Å². The van der Waals surface area contributed by atoms with Gasteiger partial charge >= 0.3 is 0 Å². The lowest BCUT2D eigenvalue weighted by molar-refractivity contribution is 0.416. The van der Waals surface area contributed by atoms with Gasteiger partial charge in [0.2, 0.25) is 0 Å². The maximum atomic E-state index is 11.9. The molecule has 0 amide bonds. The molecule has 2 rings (SSSR count). The van der Waals surface area contributed by atoms with Crippen LogP contribution in [0.25, 0.3) is 11.1 Å². The quantitative estimate of drug-likeness (QED) is 0.899. The second-order valence-corrected chi connectivity index (χ2v) is 4.73. The molecule has 2 aromatic rings. The zero-order valence-electron chi connectivity index (χ0n) is 11.7. The lowest BCUT2D eigenvalue weighted by atomic mass is 9.98. The van der Waals surface area contributed by atoms with Crippen molar-refractivity contribution in [3.63, 3.8) is 0 Å². The summed E-state index contributed by atoms with van der Waals surface area (Å²) in [6.07, 6.45) is 0. The number of aromatic nitrogens is 1. The summed E-state index contributed by atoms with van der Waals surface area (Å²) >= 11 is 0. The molecule has 0 unspecified atom stereocenters. The first-order valence-corrected chi connectivity index (χ1v) is 6.06. The third kappa shape index (κ3) is 2.34. The number of nitrogens with two attached hydrogens (primary N) is 1. The normalized spacial score (nSPS) is 10.5.